The lowest BCUT2D eigenvalue weighted by Crippen LogP contribution is -1.96. The predicted octanol–water partition coefficient (Wildman–Crippen LogP) is 2.98. The second-order valence-electron chi connectivity index (χ2n) is 4.21. The van der Waals surface area contributed by atoms with E-state index in [4.69, 9.17) is 5.73 Å². The fraction of sp³-hybridized carbons (Fsp3) is 0.250. The third-order valence-corrected chi connectivity index (χ3v) is 2.60. The Balaban J connectivity index is 2.48. The molecule has 1 aromatic carbocycles. The fourth-order valence-electron chi connectivity index (χ4n) is 1.72. The van der Waals surface area contributed by atoms with Crippen LogP contribution in [0.15, 0.2) is 35.8 Å². The van der Waals surface area contributed by atoms with Crippen LogP contribution in [0.5, 0.6) is 0 Å². The highest BCUT2D eigenvalue weighted by atomic mass is 16.3. The number of benzene rings is 1. The molecule has 2 aromatic rings. The first kappa shape index (κ1) is 11.3. The van der Waals surface area contributed by atoms with E-state index in [1.54, 1.807) is 23.1 Å². The lowest BCUT2D eigenvalue weighted by molar-refractivity contribution is 0.853. The number of nitrogen functional groups attached to an aromatic ring is 1. The van der Waals surface area contributed by atoms with E-state index in [-0.39, 0.29) is 5.92 Å². The van der Waals surface area contributed by atoms with Crippen molar-refractivity contribution in [2.75, 3.05) is 5.73 Å². The Labute approximate surface area is 99.2 Å². The Morgan fingerprint density at radius 3 is 2.71 bits per heavy atom. The maximum atomic E-state index is 10.8. The van der Waals surface area contributed by atoms with Crippen molar-refractivity contribution in [3.8, 4) is 5.69 Å². The highest BCUT2D eigenvalue weighted by Crippen LogP contribution is 2.28. The van der Waals surface area contributed by atoms with Crippen molar-refractivity contribution in [3.05, 3.63) is 41.1 Å². The largest absolute Gasteiger partial charge is 0.396 e. The summed E-state index contributed by atoms with van der Waals surface area (Å²) >= 11 is 0. The molecule has 0 atom stereocenters. The average Bonchev–Trinajstić information content (AvgIpc) is 2.75. The molecule has 0 spiro atoms. The highest BCUT2D eigenvalue weighted by molar-refractivity contribution is 5.54. The zero-order valence-electron chi connectivity index (χ0n) is 9.79. The number of rotatable bonds is 3. The minimum Gasteiger partial charge on any atom is -0.396 e. The van der Waals surface area contributed by atoms with Crippen molar-refractivity contribution in [1.29, 1.82) is 0 Å². The number of nitroso groups, excluding NO2 is 1. The molecule has 5 nitrogen and oxygen atoms in total. The van der Waals surface area contributed by atoms with Crippen LogP contribution in [-0.4, -0.2) is 9.78 Å². The molecule has 88 valence electrons. The zero-order valence-corrected chi connectivity index (χ0v) is 9.79. The van der Waals surface area contributed by atoms with Gasteiger partial charge in [0.15, 0.2) is 0 Å². The number of hydrogen-bond acceptors (Lipinski definition) is 4. The Bertz CT molecular complexity index is 545. The van der Waals surface area contributed by atoms with Crippen LogP contribution < -0.4 is 5.73 Å². The van der Waals surface area contributed by atoms with E-state index >= 15 is 0 Å². The molecule has 2 N–H and O–H groups in total. The van der Waals surface area contributed by atoms with Gasteiger partial charge in [-0.2, -0.15) is 5.10 Å². The number of hydrogen-bond donors (Lipinski definition) is 1. The van der Waals surface area contributed by atoms with Gasteiger partial charge in [0, 0.05) is 0 Å². The first-order valence-corrected chi connectivity index (χ1v) is 5.39. The number of nitrogens with zero attached hydrogens (tertiary/aromatic N) is 3. The summed E-state index contributed by atoms with van der Waals surface area (Å²) in [5.74, 6) is 0.263. The van der Waals surface area contributed by atoms with E-state index in [9.17, 15) is 4.91 Å². The molecule has 1 heterocycles. The molecule has 0 bridgehead atoms. The standard InChI is InChI=1S/C12H14N4O/c1-8(2)11-4-3-10(5-12(11)15-17)16-7-9(13)6-14-16/h3-8H,13H2,1-2H3. The Morgan fingerprint density at radius 1 is 1.41 bits per heavy atom. The normalized spacial score (nSPS) is 10.8. The summed E-state index contributed by atoms with van der Waals surface area (Å²) in [7, 11) is 0. The SMILES string of the molecule is CC(C)c1ccc(-n2cc(N)cn2)cc1N=O. The smallest absolute Gasteiger partial charge is 0.113 e. The second-order valence-corrected chi connectivity index (χ2v) is 4.21. The monoisotopic (exact) mass is 230 g/mol. The molecule has 0 fully saturated rings. The third kappa shape index (κ3) is 2.18. The van der Waals surface area contributed by atoms with Gasteiger partial charge in [-0.15, -0.1) is 4.91 Å². The molecular weight excluding hydrogens is 216 g/mol. The van der Waals surface area contributed by atoms with Gasteiger partial charge in [0.25, 0.3) is 0 Å². The molecule has 0 aliphatic carbocycles. The first-order chi connectivity index (χ1) is 8.11. The molecule has 0 radical (unpaired) electrons. The number of nitrogens with two attached hydrogens (primary N) is 1. The molecule has 0 aliphatic rings. The van der Waals surface area contributed by atoms with E-state index in [1.165, 1.54) is 0 Å². The summed E-state index contributed by atoms with van der Waals surface area (Å²) in [4.78, 5) is 10.8. The Morgan fingerprint density at radius 2 is 2.18 bits per heavy atom. The molecule has 2 rings (SSSR count). The maximum absolute atomic E-state index is 10.8. The topological polar surface area (TPSA) is 73.3 Å². The zero-order chi connectivity index (χ0) is 12.4. The van der Waals surface area contributed by atoms with Crippen molar-refractivity contribution in [2.45, 2.75) is 19.8 Å². The van der Waals surface area contributed by atoms with Gasteiger partial charge in [-0.05, 0) is 28.8 Å². The van der Waals surface area contributed by atoms with Crippen LogP contribution in [0.2, 0.25) is 0 Å². The van der Waals surface area contributed by atoms with Gasteiger partial charge in [-0.3, -0.25) is 0 Å². The van der Waals surface area contributed by atoms with Gasteiger partial charge in [0.1, 0.15) is 5.69 Å². The van der Waals surface area contributed by atoms with Gasteiger partial charge < -0.3 is 5.73 Å². The van der Waals surface area contributed by atoms with Crippen LogP contribution in [0.4, 0.5) is 11.4 Å². The van der Waals surface area contributed by atoms with Gasteiger partial charge in [0.05, 0.1) is 23.8 Å². The fourth-order valence-corrected chi connectivity index (χ4v) is 1.72. The van der Waals surface area contributed by atoms with Crippen molar-refractivity contribution in [3.63, 3.8) is 0 Å². The summed E-state index contributed by atoms with van der Waals surface area (Å²) in [5, 5.41) is 7.15. The van der Waals surface area contributed by atoms with Crippen molar-refractivity contribution in [2.24, 2.45) is 5.18 Å². The summed E-state index contributed by atoms with van der Waals surface area (Å²) in [6, 6.07) is 5.51. The van der Waals surface area contributed by atoms with Gasteiger partial charge in [-0.25, -0.2) is 4.68 Å². The van der Waals surface area contributed by atoms with Crippen LogP contribution in [0.1, 0.15) is 25.3 Å². The van der Waals surface area contributed by atoms with E-state index in [0.29, 0.717) is 11.4 Å². The van der Waals surface area contributed by atoms with E-state index in [1.807, 2.05) is 26.0 Å². The molecule has 0 unspecified atom stereocenters. The maximum Gasteiger partial charge on any atom is 0.113 e. The molecule has 0 saturated carbocycles. The second kappa shape index (κ2) is 4.37. The van der Waals surface area contributed by atoms with Crippen LogP contribution in [0.25, 0.3) is 5.69 Å². The summed E-state index contributed by atoms with van der Waals surface area (Å²) in [6.07, 6.45) is 3.25. The van der Waals surface area contributed by atoms with Crippen molar-refractivity contribution >= 4 is 11.4 Å². The summed E-state index contributed by atoms with van der Waals surface area (Å²) in [6.45, 7) is 4.05. The van der Waals surface area contributed by atoms with Crippen LogP contribution >= 0.6 is 0 Å². The average molecular weight is 230 g/mol. The van der Waals surface area contributed by atoms with Gasteiger partial charge >= 0.3 is 0 Å². The number of aromatic nitrogens is 2. The Hall–Kier alpha value is -2.17. The molecule has 0 aliphatic heterocycles. The van der Waals surface area contributed by atoms with Crippen LogP contribution in [0, 0.1) is 4.91 Å². The lowest BCUT2D eigenvalue weighted by atomic mass is 10.0. The molecular formula is C12H14N4O. The Kier molecular flexibility index (Phi) is 2.91. The summed E-state index contributed by atoms with van der Waals surface area (Å²) in [5.41, 5.74) is 8.34. The van der Waals surface area contributed by atoms with Crippen LogP contribution in [0.3, 0.4) is 0 Å². The molecule has 0 saturated heterocycles. The molecule has 1 aromatic heterocycles. The van der Waals surface area contributed by atoms with Gasteiger partial charge in [-0.1, -0.05) is 19.9 Å². The van der Waals surface area contributed by atoms with E-state index in [2.05, 4.69) is 10.3 Å². The van der Waals surface area contributed by atoms with Crippen molar-refractivity contribution < 1.29 is 0 Å². The molecule has 5 heteroatoms. The molecule has 0 amide bonds. The first-order valence-electron chi connectivity index (χ1n) is 5.39. The highest BCUT2D eigenvalue weighted by Gasteiger charge is 2.09. The summed E-state index contributed by atoms with van der Waals surface area (Å²) < 4.78 is 1.62. The molecule has 17 heavy (non-hydrogen) atoms. The number of anilines is 1. The lowest BCUT2D eigenvalue weighted by Gasteiger charge is -2.09. The van der Waals surface area contributed by atoms with Crippen LogP contribution in [-0.2, 0) is 0 Å². The third-order valence-electron chi connectivity index (χ3n) is 2.60. The minimum absolute atomic E-state index is 0.263. The van der Waals surface area contributed by atoms with E-state index < -0.39 is 0 Å². The van der Waals surface area contributed by atoms with Crippen molar-refractivity contribution in [1.82, 2.24) is 9.78 Å². The van der Waals surface area contributed by atoms with Gasteiger partial charge in [0.2, 0.25) is 0 Å². The predicted molar refractivity (Wildman–Crippen MR) is 67.5 cm³/mol. The minimum atomic E-state index is 0.263. The van der Waals surface area contributed by atoms with E-state index in [0.717, 1.165) is 11.3 Å². The quantitative estimate of drug-likeness (QED) is 0.824.